The third-order valence-corrected chi connectivity index (χ3v) is 6.75. The van der Waals surface area contributed by atoms with Gasteiger partial charge in [0.1, 0.15) is 5.15 Å². The van der Waals surface area contributed by atoms with Gasteiger partial charge in [-0.2, -0.15) is 0 Å². The predicted octanol–water partition coefficient (Wildman–Crippen LogP) is 2.71. The van der Waals surface area contributed by atoms with Crippen molar-refractivity contribution in [1.29, 1.82) is 0 Å². The molecule has 3 heterocycles. The highest BCUT2D eigenvalue weighted by Gasteiger charge is 2.24. The molecule has 0 N–H and O–H groups in total. The quantitative estimate of drug-likeness (QED) is 0.734. The maximum absolute atomic E-state index is 12.4. The molecule has 0 radical (unpaired) electrons. The zero-order valence-corrected chi connectivity index (χ0v) is 17.3. The lowest BCUT2D eigenvalue weighted by Gasteiger charge is -2.33. The summed E-state index contributed by atoms with van der Waals surface area (Å²) in [6, 6.07) is 0. The zero-order chi connectivity index (χ0) is 18.5. The number of halogens is 1. The summed E-state index contributed by atoms with van der Waals surface area (Å²) < 4.78 is 5.32. The Labute approximate surface area is 165 Å². The van der Waals surface area contributed by atoms with Crippen LogP contribution in [0.1, 0.15) is 30.6 Å². The second-order valence-electron chi connectivity index (χ2n) is 7.38. The van der Waals surface area contributed by atoms with Gasteiger partial charge in [0.25, 0.3) is 0 Å². The summed E-state index contributed by atoms with van der Waals surface area (Å²) in [5, 5.41) is 1.58. The number of aromatic nitrogens is 1. The van der Waals surface area contributed by atoms with Gasteiger partial charge in [0.15, 0.2) is 5.13 Å². The summed E-state index contributed by atoms with van der Waals surface area (Å²) in [6.45, 7) is 5.84. The van der Waals surface area contributed by atoms with Crippen LogP contribution in [0.4, 0.5) is 5.13 Å². The second kappa shape index (κ2) is 9.35. The second-order valence-corrected chi connectivity index (χ2v) is 8.80. The molecule has 0 bridgehead atoms. The maximum Gasteiger partial charge on any atom is 0.222 e. The van der Waals surface area contributed by atoms with Gasteiger partial charge >= 0.3 is 0 Å². The molecule has 26 heavy (non-hydrogen) atoms. The molecule has 1 aromatic heterocycles. The number of hydrogen-bond donors (Lipinski definition) is 0. The van der Waals surface area contributed by atoms with Crippen molar-refractivity contribution in [2.45, 2.75) is 32.2 Å². The van der Waals surface area contributed by atoms with Crippen LogP contribution in [0.3, 0.4) is 0 Å². The number of morpholine rings is 1. The number of carbonyl (C=O) groups excluding carboxylic acids is 1. The van der Waals surface area contributed by atoms with E-state index in [-0.39, 0.29) is 5.91 Å². The lowest BCUT2D eigenvalue weighted by atomic mass is 9.93. The monoisotopic (exact) mass is 400 g/mol. The normalized spacial score (nSPS) is 21.8. The molecule has 0 saturated carbocycles. The highest BCUT2D eigenvalue weighted by Crippen LogP contribution is 2.31. The molecule has 2 saturated heterocycles. The van der Waals surface area contributed by atoms with E-state index in [0.717, 1.165) is 49.2 Å². The summed E-state index contributed by atoms with van der Waals surface area (Å²) >= 11 is 7.99. The lowest BCUT2D eigenvalue weighted by Crippen LogP contribution is -2.41. The molecule has 2 aliphatic rings. The minimum absolute atomic E-state index is 0.284. The van der Waals surface area contributed by atoms with Crippen LogP contribution in [-0.4, -0.2) is 74.2 Å². The van der Waals surface area contributed by atoms with Gasteiger partial charge in [-0.15, -0.1) is 0 Å². The van der Waals surface area contributed by atoms with Crippen molar-refractivity contribution >= 4 is 34.0 Å². The fourth-order valence-electron chi connectivity index (χ4n) is 3.64. The third-order valence-electron chi connectivity index (χ3n) is 5.12. The van der Waals surface area contributed by atoms with Crippen LogP contribution in [0.2, 0.25) is 5.15 Å². The Bertz CT molecular complexity index is 604. The number of carbonyl (C=O) groups is 1. The van der Waals surface area contributed by atoms with Crippen molar-refractivity contribution in [2.24, 2.45) is 5.92 Å². The van der Waals surface area contributed by atoms with Crippen molar-refractivity contribution in [3.8, 4) is 0 Å². The zero-order valence-electron chi connectivity index (χ0n) is 15.7. The number of rotatable bonds is 6. The van der Waals surface area contributed by atoms with Gasteiger partial charge in [0.05, 0.1) is 18.1 Å². The van der Waals surface area contributed by atoms with Crippen molar-refractivity contribution < 1.29 is 9.53 Å². The smallest absolute Gasteiger partial charge is 0.222 e. The number of hydrogen-bond acceptors (Lipinski definition) is 6. The van der Waals surface area contributed by atoms with Crippen molar-refractivity contribution in [3.63, 3.8) is 0 Å². The minimum Gasteiger partial charge on any atom is -0.378 e. The van der Waals surface area contributed by atoms with E-state index in [0.29, 0.717) is 30.7 Å². The first-order valence-electron chi connectivity index (χ1n) is 9.43. The number of thiazole rings is 1. The largest absolute Gasteiger partial charge is 0.378 e. The van der Waals surface area contributed by atoms with Crippen LogP contribution in [0.5, 0.6) is 0 Å². The number of anilines is 1. The lowest BCUT2D eigenvalue weighted by molar-refractivity contribution is -0.135. The van der Waals surface area contributed by atoms with Crippen LogP contribution in [0.15, 0.2) is 0 Å². The number of nitrogens with zero attached hydrogens (tertiary/aromatic N) is 4. The summed E-state index contributed by atoms with van der Waals surface area (Å²) in [5.41, 5.74) is 0. The Balaban J connectivity index is 1.47. The van der Waals surface area contributed by atoms with Gasteiger partial charge in [-0.25, -0.2) is 4.98 Å². The molecule has 0 aromatic carbocycles. The molecule has 0 aliphatic carbocycles. The molecule has 3 rings (SSSR count). The molecule has 1 amide bonds. The Hall–Kier alpha value is -0.890. The van der Waals surface area contributed by atoms with Crippen molar-refractivity contribution in [1.82, 2.24) is 14.8 Å². The fourth-order valence-corrected chi connectivity index (χ4v) is 4.86. The van der Waals surface area contributed by atoms with E-state index in [1.165, 1.54) is 12.8 Å². The summed E-state index contributed by atoms with van der Waals surface area (Å²) in [5.74, 6) is 0.875. The summed E-state index contributed by atoms with van der Waals surface area (Å²) in [4.78, 5) is 24.3. The Morgan fingerprint density at radius 3 is 2.81 bits per heavy atom. The van der Waals surface area contributed by atoms with Gasteiger partial charge in [-0.1, -0.05) is 22.9 Å². The molecule has 6 nitrogen and oxygen atoms in total. The fraction of sp³-hybridized carbons (Fsp3) is 0.778. The van der Waals surface area contributed by atoms with Crippen LogP contribution >= 0.6 is 22.9 Å². The van der Waals surface area contributed by atoms with E-state index in [4.69, 9.17) is 16.3 Å². The van der Waals surface area contributed by atoms with Crippen LogP contribution in [0, 0.1) is 5.92 Å². The maximum atomic E-state index is 12.4. The first-order valence-corrected chi connectivity index (χ1v) is 10.6. The van der Waals surface area contributed by atoms with Gasteiger partial charge < -0.3 is 14.5 Å². The molecule has 2 aliphatic heterocycles. The molecule has 1 atom stereocenters. The number of ether oxygens (including phenoxy) is 1. The summed E-state index contributed by atoms with van der Waals surface area (Å²) in [7, 11) is 3.97. The molecule has 146 valence electrons. The molecule has 8 heteroatoms. The molecule has 0 spiro atoms. The topological polar surface area (TPSA) is 48.9 Å². The van der Waals surface area contributed by atoms with E-state index in [2.05, 4.69) is 9.88 Å². The Morgan fingerprint density at radius 1 is 1.35 bits per heavy atom. The standard InChI is InChI=1S/C18H29ClN4O2S/c1-21(2)18-20-17(19)15(26-18)13-22-7-3-4-14(12-22)5-6-16(24)23-8-10-25-11-9-23/h14H,3-13H2,1-2H3/t14-/m1/s1. The number of likely N-dealkylation sites (tertiary alicyclic amines) is 1. The van der Waals surface area contributed by atoms with Gasteiger partial charge in [0.2, 0.25) is 5.91 Å². The Morgan fingerprint density at radius 2 is 2.12 bits per heavy atom. The average molecular weight is 401 g/mol. The van der Waals surface area contributed by atoms with E-state index >= 15 is 0 Å². The first-order chi connectivity index (χ1) is 12.5. The predicted molar refractivity (Wildman–Crippen MR) is 106 cm³/mol. The molecular formula is C18H29ClN4O2S. The van der Waals surface area contributed by atoms with Crippen molar-refractivity contribution in [3.05, 3.63) is 10.0 Å². The SMILES string of the molecule is CN(C)c1nc(Cl)c(CN2CCC[C@H](CCC(=O)N3CCOCC3)C2)s1. The first kappa shape index (κ1) is 19.9. The van der Waals surface area contributed by atoms with Crippen LogP contribution in [-0.2, 0) is 16.1 Å². The highest BCUT2D eigenvalue weighted by molar-refractivity contribution is 7.16. The van der Waals surface area contributed by atoms with E-state index in [9.17, 15) is 4.79 Å². The highest BCUT2D eigenvalue weighted by atomic mass is 35.5. The number of piperidine rings is 1. The third kappa shape index (κ3) is 5.31. The molecule has 2 fully saturated rings. The Kier molecular flexibility index (Phi) is 7.14. The number of amides is 1. The van der Waals surface area contributed by atoms with E-state index in [1.54, 1.807) is 11.3 Å². The van der Waals surface area contributed by atoms with Gasteiger partial charge in [-0.05, 0) is 31.7 Å². The average Bonchev–Trinajstić information content (AvgIpc) is 3.02. The van der Waals surface area contributed by atoms with Crippen LogP contribution in [0.25, 0.3) is 0 Å². The van der Waals surface area contributed by atoms with Crippen LogP contribution < -0.4 is 4.90 Å². The summed E-state index contributed by atoms with van der Waals surface area (Å²) in [6.07, 6.45) is 4.04. The molecule has 1 aromatic rings. The van der Waals surface area contributed by atoms with Crippen molar-refractivity contribution in [2.75, 3.05) is 58.4 Å². The molecule has 0 unspecified atom stereocenters. The van der Waals surface area contributed by atoms with Gasteiger partial charge in [-0.3, -0.25) is 9.69 Å². The van der Waals surface area contributed by atoms with Gasteiger partial charge in [0, 0.05) is 46.7 Å². The van der Waals surface area contributed by atoms with E-state index in [1.807, 2.05) is 23.9 Å². The molecular weight excluding hydrogens is 372 g/mol. The van der Waals surface area contributed by atoms with E-state index < -0.39 is 0 Å². The minimum atomic E-state index is 0.284.